The zero-order chi connectivity index (χ0) is 38.4. The van der Waals surface area contributed by atoms with E-state index in [0.29, 0.717) is 32.3 Å². The maximum absolute atomic E-state index is 12.0. The first-order chi connectivity index (χ1) is 25.3. The van der Waals surface area contributed by atoms with Gasteiger partial charge in [-0.05, 0) is 48.9 Å². The molecule has 0 aliphatic carbocycles. The van der Waals surface area contributed by atoms with Crippen molar-refractivity contribution in [2.75, 3.05) is 7.11 Å². The number of ether oxygens (including phenoxy) is 1. The average molecular weight is 767 g/mol. The zero-order valence-electron chi connectivity index (χ0n) is 27.8. The lowest BCUT2D eigenvalue weighted by Crippen LogP contribution is -2.12. The summed E-state index contributed by atoms with van der Waals surface area (Å²) in [6.07, 6.45) is 0. The number of nitrogens with two attached hydrogens (primary N) is 1. The van der Waals surface area contributed by atoms with Crippen LogP contribution in [0.15, 0.2) is 109 Å². The molecule has 0 atom stereocenters. The molecular formula is C38H27ClN4O8S2. The van der Waals surface area contributed by atoms with Crippen LogP contribution >= 0.6 is 35.2 Å². The molecule has 53 heavy (non-hydrogen) atoms. The number of thiazole rings is 1. The number of carbonyl (C=O) groups is 2. The van der Waals surface area contributed by atoms with E-state index in [1.54, 1.807) is 60.7 Å². The van der Waals surface area contributed by atoms with Crippen molar-refractivity contribution in [2.45, 2.75) is 6.92 Å². The molecule has 15 heteroatoms. The van der Waals surface area contributed by atoms with E-state index in [0.717, 1.165) is 16.8 Å². The van der Waals surface area contributed by atoms with Crippen LogP contribution in [0.4, 0.5) is 11.4 Å². The van der Waals surface area contributed by atoms with Crippen molar-refractivity contribution in [3.63, 3.8) is 0 Å². The van der Waals surface area contributed by atoms with Crippen LogP contribution in [0.5, 0.6) is 0 Å². The number of carboxylic acid groups (broad SMARTS) is 1. The third kappa shape index (κ3) is 8.42. The molecule has 0 bridgehead atoms. The fourth-order valence-electron chi connectivity index (χ4n) is 5.36. The summed E-state index contributed by atoms with van der Waals surface area (Å²) < 4.78 is 4.74. The van der Waals surface area contributed by atoms with Crippen molar-refractivity contribution in [1.82, 2.24) is 4.98 Å². The van der Waals surface area contributed by atoms with Gasteiger partial charge in [0.15, 0.2) is 0 Å². The van der Waals surface area contributed by atoms with E-state index in [2.05, 4.69) is 4.98 Å². The Kier molecular flexibility index (Phi) is 11.7. The van der Waals surface area contributed by atoms with Crippen molar-refractivity contribution in [1.29, 1.82) is 0 Å². The number of aromatic carboxylic acids is 1. The summed E-state index contributed by atoms with van der Waals surface area (Å²) >= 11 is 12.4. The standard InChI is InChI=1S/C23H15ClN2O4S.C15H12N2O4S/c1-13-10-14(7-9-19(13)24)20-12-31-22(25-20)15-6-8-16(18(11-15)23(27)28)17-4-2-3-5-21(17)26(29)30;1-21-15(18)12-8-9(14(16)22)6-7-10(12)11-4-2-3-5-13(11)17(19)20/h2-12H,1H3,(H,27,28);2-8H,1H3,(H2,16,22). The lowest BCUT2D eigenvalue weighted by molar-refractivity contribution is -0.384. The Morgan fingerprint density at radius 2 is 1.38 bits per heavy atom. The highest BCUT2D eigenvalue weighted by Crippen LogP contribution is 2.37. The number of carboxylic acids is 1. The molecule has 0 saturated carbocycles. The first kappa shape index (κ1) is 37.9. The van der Waals surface area contributed by atoms with Gasteiger partial charge in [0.05, 0.1) is 44.9 Å². The van der Waals surface area contributed by atoms with Crippen LogP contribution in [-0.2, 0) is 4.74 Å². The number of hydrogen-bond acceptors (Lipinski definition) is 10. The molecule has 12 nitrogen and oxygen atoms in total. The number of benzene rings is 5. The molecule has 0 fully saturated rings. The van der Waals surface area contributed by atoms with Gasteiger partial charge < -0.3 is 15.6 Å². The summed E-state index contributed by atoms with van der Waals surface area (Å²) in [6, 6.07) is 27.4. The van der Waals surface area contributed by atoms with Crippen LogP contribution in [0.25, 0.3) is 44.1 Å². The SMILES string of the molecule is COC(=O)c1cc(C(N)=S)ccc1-c1ccccc1[N+](=O)[O-].Cc1cc(-c2csc(-c3ccc(-c4ccccc4[N+](=O)[O-])c(C(=O)O)c3)n2)ccc1Cl. The smallest absolute Gasteiger partial charge is 0.338 e. The molecule has 0 amide bonds. The van der Waals surface area contributed by atoms with Gasteiger partial charge in [-0.1, -0.05) is 78.4 Å². The van der Waals surface area contributed by atoms with E-state index in [1.807, 2.05) is 30.5 Å². The Hall–Kier alpha value is -6.35. The maximum atomic E-state index is 12.0. The summed E-state index contributed by atoms with van der Waals surface area (Å²) in [5, 5.41) is 35.6. The number of nitrogens with zero attached hydrogens (tertiary/aromatic N) is 3. The van der Waals surface area contributed by atoms with Gasteiger partial charge in [0.2, 0.25) is 0 Å². The Balaban J connectivity index is 0.000000217. The molecular weight excluding hydrogens is 740 g/mol. The summed E-state index contributed by atoms with van der Waals surface area (Å²) in [5.41, 5.74) is 10.4. The second kappa shape index (κ2) is 16.3. The van der Waals surface area contributed by atoms with Gasteiger partial charge >= 0.3 is 11.9 Å². The summed E-state index contributed by atoms with van der Waals surface area (Å²) in [5.74, 6) is -1.79. The quantitative estimate of drug-likeness (QED) is 0.0617. The predicted octanol–water partition coefficient (Wildman–Crippen LogP) is 9.39. The number of nitro benzene ring substituents is 2. The highest BCUT2D eigenvalue weighted by molar-refractivity contribution is 7.80. The van der Waals surface area contributed by atoms with E-state index < -0.39 is 21.8 Å². The second-order valence-corrected chi connectivity index (χ2v) is 12.9. The molecule has 0 unspecified atom stereocenters. The highest BCUT2D eigenvalue weighted by atomic mass is 35.5. The van der Waals surface area contributed by atoms with Gasteiger partial charge in [-0.3, -0.25) is 20.2 Å². The van der Waals surface area contributed by atoms with Gasteiger partial charge in [-0.25, -0.2) is 14.6 Å². The molecule has 5 aromatic carbocycles. The molecule has 6 rings (SSSR count). The fraction of sp³-hybridized carbons (Fsp3) is 0.0526. The second-order valence-electron chi connectivity index (χ2n) is 11.2. The van der Waals surface area contributed by atoms with E-state index in [4.69, 9.17) is 34.3 Å². The number of aryl methyl sites for hydroxylation is 1. The Bertz CT molecular complexity index is 2430. The minimum absolute atomic E-state index is 0.0223. The number of hydrogen-bond donors (Lipinski definition) is 2. The normalized spacial score (nSPS) is 10.5. The first-order valence-electron chi connectivity index (χ1n) is 15.4. The van der Waals surface area contributed by atoms with E-state index in [-0.39, 0.29) is 38.6 Å². The van der Waals surface area contributed by atoms with Crippen LogP contribution < -0.4 is 5.73 Å². The van der Waals surface area contributed by atoms with E-state index >= 15 is 0 Å². The largest absolute Gasteiger partial charge is 0.478 e. The number of halogens is 1. The predicted molar refractivity (Wildman–Crippen MR) is 208 cm³/mol. The van der Waals surface area contributed by atoms with Crippen molar-refractivity contribution in [3.8, 4) is 44.1 Å². The van der Waals surface area contributed by atoms with Crippen LogP contribution in [0.2, 0.25) is 5.02 Å². The topological polar surface area (TPSA) is 189 Å². The monoisotopic (exact) mass is 766 g/mol. The molecule has 3 N–H and O–H groups in total. The average Bonchev–Trinajstić information content (AvgIpc) is 3.66. The molecule has 0 aliphatic rings. The zero-order valence-corrected chi connectivity index (χ0v) is 30.2. The molecule has 1 aromatic heterocycles. The molecule has 266 valence electrons. The van der Waals surface area contributed by atoms with Crippen LogP contribution in [0.1, 0.15) is 31.8 Å². The van der Waals surface area contributed by atoms with Gasteiger partial charge in [0.1, 0.15) is 10.00 Å². The highest BCUT2D eigenvalue weighted by Gasteiger charge is 2.23. The van der Waals surface area contributed by atoms with Gasteiger partial charge in [0, 0.05) is 50.4 Å². The minimum Gasteiger partial charge on any atom is -0.478 e. The number of thiocarbonyl (C=S) groups is 1. The lowest BCUT2D eigenvalue weighted by atomic mass is 9.96. The molecule has 6 aromatic rings. The molecule has 0 aliphatic heterocycles. The third-order valence-electron chi connectivity index (χ3n) is 7.95. The number of aromatic nitrogens is 1. The number of para-hydroxylation sites is 2. The first-order valence-corrected chi connectivity index (χ1v) is 17.1. The Labute approximate surface area is 316 Å². The maximum Gasteiger partial charge on any atom is 0.338 e. The van der Waals surface area contributed by atoms with Crippen molar-refractivity contribution < 1.29 is 29.3 Å². The summed E-state index contributed by atoms with van der Waals surface area (Å²) in [6.45, 7) is 1.92. The minimum atomic E-state index is -1.17. The fourth-order valence-corrected chi connectivity index (χ4v) is 6.44. The van der Waals surface area contributed by atoms with Crippen LogP contribution in [0, 0.1) is 27.2 Å². The van der Waals surface area contributed by atoms with Crippen molar-refractivity contribution >= 4 is 63.5 Å². The van der Waals surface area contributed by atoms with Crippen molar-refractivity contribution in [3.05, 3.63) is 156 Å². The number of carbonyl (C=O) groups excluding carboxylic acids is 1. The van der Waals surface area contributed by atoms with Crippen LogP contribution in [0.3, 0.4) is 0 Å². The van der Waals surface area contributed by atoms with Crippen LogP contribution in [-0.4, -0.2) is 44.0 Å². The van der Waals surface area contributed by atoms with Gasteiger partial charge in [-0.2, -0.15) is 0 Å². The molecule has 0 radical (unpaired) electrons. The number of methoxy groups -OCH3 is 1. The lowest BCUT2D eigenvalue weighted by Gasteiger charge is -2.10. The Morgan fingerprint density at radius 1 is 0.811 bits per heavy atom. The Morgan fingerprint density at radius 3 is 1.92 bits per heavy atom. The molecule has 0 spiro atoms. The summed E-state index contributed by atoms with van der Waals surface area (Å²) in [7, 11) is 1.24. The number of esters is 1. The van der Waals surface area contributed by atoms with Gasteiger partial charge in [-0.15, -0.1) is 11.3 Å². The van der Waals surface area contributed by atoms with Gasteiger partial charge in [0.25, 0.3) is 11.4 Å². The molecule has 0 saturated heterocycles. The summed E-state index contributed by atoms with van der Waals surface area (Å²) in [4.78, 5) is 50.3. The number of nitro groups is 2. The third-order valence-corrected chi connectivity index (χ3v) is 9.50. The van der Waals surface area contributed by atoms with E-state index in [1.165, 1.54) is 42.7 Å². The number of rotatable bonds is 9. The van der Waals surface area contributed by atoms with E-state index in [9.17, 15) is 34.9 Å². The van der Waals surface area contributed by atoms with Crippen molar-refractivity contribution in [2.24, 2.45) is 5.73 Å². The molecule has 1 heterocycles.